The molecule has 0 spiro atoms. The van der Waals surface area contributed by atoms with Crippen LogP contribution in [0, 0.1) is 6.92 Å². The van der Waals surface area contributed by atoms with Gasteiger partial charge in [0.15, 0.2) is 0 Å². The molecule has 1 heterocycles. The fourth-order valence-electron chi connectivity index (χ4n) is 1.46. The van der Waals surface area contributed by atoms with E-state index in [0.717, 1.165) is 0 Å². The number of carboxylic acid groups (broad SMARTS) is 1. The van der Waals surface area contributed by atoms with Crippen LogP contribution in [-0.2, 0) is 15.3 Å². The Kier molecular flexibility index (Phi) is 5.27. The van der Waals surface area contributed by atoms with Gasteiger partial charge in [0.1, 0.15) is 17.1 Å². The summed E-state index contributed by atoms with van der Waals surface area (Å²) >= 11 is 1.47. The summed E-state index contributed by atoms with van der Waals surface area (Å²) in [6.45, 7) is 3.54. The van der Waals surface area contributed by atoms with Gasteiger partial charge in [0, 0.05) is 5.25 Å². The summed E-state index contributed by atoms with van der Waals surface area (Å²) in [6, 6.07) is 1.64. The molecule has 0 aliphatic rings. The third-order valence-electron chi connectivity index (χ3n) is 2.35. The van der Waals surface area contributed by atoms with Gasteiger partial charge in [-0.2, -0.15) is 11.8 Å². The predicted molar refractivity (Wildman–Crippen MR) is 67.8 cm³/mol. The van der Waals surface area contributed by atoms with E-state index in [1.165, 1.54) is 18.9 Å². The van der Waals surface area contributed by atoms with Gasteiger partial charge in [0.2, 0.25) is 0 Å². The van der Waals surface area contributed by atoms with Crippen molar-refractivity contribution in [2.75, 3.05) is 7.11 Å². The molecule has 5 nitrogen and oxygen atoms in total. The van der Waals surface area contributed by atoms with Crippen LogP contribution in [0.2, 0.25) is 0 Å². The summed E-state index contributed by atoms with van der Waals surface area (Å²) < 4.78 is 10.0. The van der Waals surface area contributed by atoms with Crippen LogP contribution in [0.5, 0.6) is 0 Å². The topological polar surface area (TPSA) is 76.7 Å². The predicted octanol–water partition coefficient (Wildman–Crippen LogP) is 2.47. The lowest BCUT2D eigenvalue weighted by molar-refractivity contribution is -0.136. The Hall–Kier alpha value is -1.43. The first-order valence-corrected chi connectivity index (χ1v) is 6.50. The molecule has 0 fully saturated rings. The van der Waals surface area contributed by atoms with Crippen LogP contribution in [0.4, 0.5) is 0 Å². The van der Waals surface area contributed by atoms with E-state index in [1.807, 2.05) is 6.92 Å². The number of carbonyl (C=O) groups excluding carboxylic acids is 1. The van der Waals surface area contributed by atoms with E-state index in [9.17, 15) is 9.59 Å². The van der Waals surface area contributed by atoms with Crippen molar-refractivity contribution in [3.8, 4) is 0 Å². The Morgan fingerprint density at radius 2 is 2.22 bits per heavy atom. The fraction of sp³-hybridized carbons (Fsp3) is 0.500. The van der Waals surface area contributed by atoms with E-state index < -0.39 is 11.9 Å². The normalized spacial score (nSPS) is 12.2. The molecule has 1 aromatic heterocycles. The van der Waals surface area contributed by atoms with Crippen LogP contribution in [0.15, 0.2) is 10.5 Å². The second-order valence-electron chi connectivity index (χ2n) is 3.89. The lowest BCUT2D eigenvalue weighted by Gasteiger charge is -2.06. The Bertz CT molecular complexity index is 438. The van der Waals surface area contributed by atoms with Crippen molar-refractivity contribution in [2.24, 2.45) is 0 Å². The van der Waals surface area contributed by atoms with Crippen LogP contribution in [0.1, 0.15) is 35.2 Å². The van der Waals surface area contributed by atoms with Crippen molar-refractivity contribution in [1.29, 1.82) is 0 Å². The smallest absolute Gasteiger partial charge is 0.341 e. The highest BCUT2D eigenvalue weighted by Gasteiger charge is 2.16. The number of hydrogen-bond acceptors (Lipinski definition) is 5. The minimum atomic E-state index is -0.819. The Balaban J connectivity index is 2.58. The average molecular weight is 272 g/mol. The van der Waals surface area contributed by atoms with Crippen molar-refractivity contribution in [3.63, 3.8) is 0 Å². The van der Waals surface area contributed by atoms with Gasteiger partial charge in [-0.1, -0.05) is 6.92 Å². The number of aryl methyl sites for hydroxylation is 1. The molecule has 0 aliphatic heterocycles. The number of furan rings is 1. The maximum Gasteiger partial charge on any atom is 0.341 e. The summed E-state index contributed by atoms with van der Waals surface area (Å²) in [6.07, 6.45) is 0.105. The van der Waals surface area contributed by atoms with Gasteiger partial charge in [-0.05, 0) is 13.0 Å². The number of methoxy groups -OCH3 is 1. The molecule has 1 rings (SSSR count). The zero-order chi connectivity index (χ0) is 13.7. The number of hydrogen-bond donors (Lipinski definition) is 1. The maximum atomic E-state index is 11.4. The monoisotopic (exact) mass is 272 g/mol. The minimum absolute atomic E-state index is 0.00511. The largest absolute Gasteiger partial charge is 0.481 e. The Morgan fingerprint density at radius 1 is 1.56 bits per heavy atom. The molecule has 0 bridgehead atoms. The molecule has 0 radical (unpaired) electrons. The molecule has 0 saturated carbocycles. The average Bonchev–Trinajstić information content (AvgIpc) is 2.66. The highest BCUT2D eigenvalue weighted by Crippen LogP contribution is 2.23. The van der Waals surface area contributed by atoms with Crippen molar-refractivity contribution < 1.29 is 23.8 Å². The number of carboxylic acids is 1. The Labute approximate surface area is 109 Å². The highest BCUT2D eigenvalue weighted by molar-refractivity contribution is 7.99. The number of esters is 1. The molecule has 6 heteroatoms. The highest BCUT2D eigenvalue weighted by atomic mass is 32.2. The lowest BCUT2D eigenvalue weighted by atomic mass is 10.2. The van der Waals surface area contributed by atoms with Crippen LogP contribution >= 0.6 is 11.8 Å². The third kappa shape index (κ3) is 4.10. The second-order valence-corrected chi connectivity index (χ2v) is 5.32. The molecule has 100 valence electrons. The van der Waals surface area contributed by atoms with Crippen molar-refractivity contribution in [1.82, 2.24) is 0 Å². The maximum absolute atomic E-state index is 11.4. The SMILES string of the molecule is COC(=O)c1cc(CSC(C)CC(=O)O)oc1C. The van der Waals surface area contributed by atoms with Crippen LogP contribution in [-0.4, -0.2) is 29.4 Å². The summed E-state index contributed by atoms with van der Waals surface area (Å²) in [5, 5.41) is 8.63. The molecule has 1 aromatic rings. The van der Waals surface area contributed by atoms with Crippen LogP contribution in [0.3, 0.4) is 0 Å². The molecule has 1 N–H and O–H groups in total. The molecule has 0 saturated heterocycles. The Morgan fingerprint density at radius 3 is 2.78 bits per heavy atom. The van der Waals surface area contributed by atoms with Crippen molar-refractivity contribution in [3.05, 3.63) is 23.2 Å². The first kappa shape index (κ1) is 14.6. The number of aliphatic carboxylic acids is 1. The summed E-state index contributed by atoms with van der Waals surface area (Å²) in [4.78, 5) is 21.9. The first-order valence-electron chi connectivity index (χ1n) is 5.45. The van der Waals surface area contributed by atoms with E-state index in [4.69, 9.17) is 9.52 Å². The fourth-order valence-corrected chi connectivity index (χ4v) is 2.31. The van der Waals surface area contributed by atoms with E-state index in [-0.39, 0.29) is 11.7 Å². The zero-order valence-corrected chi connectivity index (χ0v) is 11.4. The zero-order valence-electron chi connectivity index (χ0n) is 10.6. The van der Waals surface area contributed by atoms with Gasteiger partial charge in [0.25, 0.3) is 0 Å². The lowest BCUT2D eigenvalue weighted by Crippen LogP contribution is -2.05. The molecule has 0 aliphatic carbocycles. The summed E-state index contributed by atoms with van der Waals surface area (Å²) in [7, 11) is 1.32. The summed E-state index contributed by atoms with van der Waals surface area (Å²) in [5.74, 6) is 0.456. The van der Waals surface area contributed by atoms with Crippen LogP contribution < -0.4 is 0 Å². The minimum Gasteiger partial charge on any atom is -0.481 e. The number of carbonyl (C=O) groups is 2. The van der Waals surface area contributed by atoms with Gasteiger partial charge in [-0.15, -0.1) is 0 Å². The number of thioether (sulfide) groups is 1. The van der Waals surface area contributed by atoms with Gasteiger partial charge in [-0.3, -0.25) is 4.79 Å². The summed E-state index contributed by atoms with van der Waals surface area (Å²) in [5.41, 5.74) is 0.416. The molecule has 18 heavy (non-hydrogen) atoms. The van der Waals surface area contributed by atoms with E-state index in [0.29, 0.717) is 22.8 Å². The molecule has 1 unspecified atom stereocenters. The standard InChI is InChI=1S/C12H16O5S/c1-7(4-11(13)14)18-6-9-5-10(8(2)17-9)12(15)16-3/h5,7H,4,6H2,1-3H3,(H,13,14). The quantitative estimate of drug-likeness (QED) is 0.802. The molecule has 0 amide bonds. The van der Waals surface area contributed by atoms with Crippen molar-refractivity contribution >= 4 is 23.7 Å². The van der Waals surface area contributed by atoms with E-state index in [2.05, 4.69) is 4.74 Å². The van der Waals surface area contributed by atoms with E-state index >= 15 is 0 Å². The van der Waals surface area contributed by atoms with Gasteiger partial charge < -0.3 is 14.3 Å². The number of rotatable bonds is 6. The number of ether oxygens (including phenoxy) is 1. The molecule has 0 aromatic carbocycles. The van der Waals surface area contributed by atoms with Gasteiger partial charge in [0.05, 0.1) is 19.3 Å². The molecular formula is C12H16O5S. The molecular weight excluding hydrogens is 256 g/mol. The van der Waals surface area contributed by atoms with Gasteiger partial charge >= 0.3 is 11.9 Å². The molecule has 1 atom stereocenters. The first-order chi connectivity index (χ1) is 8.43. The second kappa shape index (κ2) is 6.49. The third-order valence-corrected chi connectivity index (χ3v) is 3.53. The van der Waals surface area contributed by atoms with Crippen LogP contribution in [0.25, 0.3) is 0 Å². The van der Waals surface area contributed by atoms with Gasteiger partial charge in [-0.25, -0.2) is 4.79 Å². The van der Waals surface area contributed by atoms with E-state index in [1.54, 1.807) is 13.0 Å². The van der Waals surface area contributed by atoms with Crippen molar-refractivity contribution in [2.45, 2.75) is 31.3 Å².